The Balaban J connectivity index is 1.29. The van der Waals surface area contributed by atoms with Crippen LogP contribution >= 0.6 is 12.2 Å². The number of amides is 1. The minimum absolute atomic E-state index is 0.224. The molecule has 1 heterocycles. The van der Waals surface area contributed by atoms with Crippen LogP contribution in [0, 0.1) is 6.92 Å². The molecule has 3 aromatic rings. The van der Waals surface area contributed by atoms with Crippen LogP contribution in [0.2, 0.25) is 0 Å². The summed E-state index contributed by atoms with van der Waals surface area (Å²) in [5.74, 6) is 1.97. The number of carbonyl (C=O) groups is 1. The van der Waals surface area contributed by atoms with Crippen molar-refractivity contribution in [2.24, 2.45) is 0 Å². The molecule has 29 heavy (non-hydrogen) atoms. The first kappa shape index (κ1) is 19.0. The number of para-hydroxylation sites is 1. The standard InChI is InChI=1S/C23H20N2O3S/c1-15-6-10-18(11-7-15)27-19-12-8-17(9-13-19)24-23(29)25-22(26)21-14-16-4-2-3-5-20(16)28-21/h2-13,21H,14H2,1H3,(H2,24,25,26,29). The SMILES string of the molecule is Cc1ccc(Oc2ccc(NC(=S)NC(=O)C3Cc4ccccc4O3)cc2)cc1. The lowest BCUT2D eigenvalue weighted by Crippen LogP contribution is -2.42. The van der Waals surface area contributed by atoms with Crippen LogP contribution < -0.4 is 20.1 Å². The quantitative estimate of drug-likeness (QED) is 0.622. The topological polar surface area (TPSA) is 59.6 Å². The van der Waals surface area contributed by atoms with Gasteiger partial charge in [0.1, 0.15) is 17.2 Å². The summed E-state index contributed by atoms with van der Waals surface area (Å²) in [5, 5.41) is 5.92. The number of benzene rings is 3. The van der Waals surface area contributed by atoms with Crippen molar-refractivity contribution in [3.63, 3.8) is 0 Å². The molecule has 146 valence electrons. The molecule has 1 amide bonds. The van der Waals surface area contributed by atoms with E-state index in [1.54, 1.807) is 0 Å². The Labute approximate surface area is 174 Å². The molecule has 4 rings (SSSR count). The number of nitrogens with one attached hydrogen (secondary N) is 2. The lowest BCUT2D eigenvalue weighted by molar-refractivity contribution is -0.125. The molecule has 0 radical (unpaired) electrons. The van der Waals surface area contributed by atoms with Gasteiger partial charge in [-0.05, 0) is 67.2 Å². The van der Waals surface area contributed by atoms with Gasteiger partial charge in [0.15, 0.2) is 11.2 Å². The van der Waals surface area contributed by atoms with Crippen LogP contribution in [0.4, 0.5) is 5.69 Å². The van der Waals surface area contributed by atoms with Crippen molar-refractivity contribution in [1.82, 2.24) is 5.32 Å². The molecule has 1 aliphatic heterocycles. The highest BCUT2D eigenvalue weighted by molar-refractivity contribution is 7.80. The lowest BCUT2D eigenvalue weighted by Gasteiger charge is -2.13. The van der Waals surface area contributed by atoms with Gasteiger partial charge in [-0.3, -0.25) is 10.1 Å². The third-order valence-corrected chi connectivity index (χ3v) is 4.75. The molecule has 0 saturated heterocycles. The molecule has 0 bridgehead atoms. The van der Waals surface area contributed by atoms with E-state index in [0.717, 1.165) is 22.7 Å². The zero-order chi connectivity index (χ0) is 20.2. The third-order valence-electron chi connectivity index (χ3n) is 4.55. The first-order valence-corrected chi connectivity index (χ1v) is 9.69. The van der Waals surface area contributed by atoms with Crippen LogP contribution in [0.15, 0.2) is 72.8 Å². The van der Waals surface area contributed by atoms with Crippen molar-refractivity contribution >= 4 is 28.9 Å². The van der Waals surface area contributed by atoms with E-state index in [1.807, 2.05) is 79.7 Å². The van der Waals surface area contributed by atoms with Crippen LogP contribution in [0.25, 0.3) is 0 Å². The smallest absolute Gasteiger partial charge is 0.267 e. The maximum absolute atomic E-state index is 12.4. The van der Waals surface area contributed by atoms with Gasteiger partial charge in [0.2, 0.25) is 0 Å². The van der Waals surface area contributed by atoms with Crippen molar-refractivity contribution < 1.29 is 14.3 Å². The van der Waals surface area contributed by atoms with E-state index < -0.39 is 6.10 Å². The Kier molecular flexibility index (Phi) is 5.44. The number of thiocarbonyl (C=S) groups is 1. The first-order valence-electron chi connectivity index (χ1n) is 9.28. The minimum Gasteiger partial charge on any atom is -0.480 e. The van der Waals surface area contributed by atoms with Crippen molar-refractivity contribution in [2.75, 3.05) is 5.32 Å². The summed E-state index contributed by atoms with van der Waals surface area (Å²) >= 11 is 5.25. The second-order valence-electron chi connectivity index (χ2n) is 6.80. The van der Waals surface area contributed by atoms with Gasteiger partial charge < -0.3 is 14.8 Å². The van der Waals surface area contributed by atoms with Crippen LogP contribution in [-0.4, -0.2) is 17.1 Å². The highest BCUT2D eigenvalue weighted by Gasteiger charge is 2.29. The Morgan fingerprint density at radius 1 is 1.00 bits per heavy atom. The fraction of sp³-hybridized carbons (Fsp3) is 0.130. The minimum atomic E-state index is -0.572. The molecule has 0 aromatic heterocycles. The molecule has 0 saturated carbocycles. The molecule has 5 nitrogen and oxygen atoms in total. The number of anilines is 1. The Hall–Kier alpha value is -3.38. The average Bonchev–Trinajstić information content (AvgIpc) is 3.16. The number of fused-ring (bicyclic) bond motifs is 1. The van der Waals surface area contributed by atoms with Gasteiger partial charge in [-0.1, -0.05) is 35.9 Å². The fourth-order valence-electron chi connectivity index (χ4n) is 3.03. The van der Waals surface area contributed by atoms with Gasteiger partial charge in [0, 0.05) is 12.1 Å². The predicted octanol–water partition coefficient (Wildman–Crippen LogP) is 4.60. The van der Waals surface area contributed by atoms with Crippen molar-refractivity contribution in [3.8, 4) is 17.2 Å². The zero-order valence-corrected chi connectivity index (χ0v) is 16.7. The summed E-state index contributed by atoms with van der Waals surface area (Å²) < 4.78 is 11.5. The van der Waals surface area contributed by atoms with Crippen LogP contribution in [0.5, 0.6) is 17.2 Å². The molecule has 3 aromatic carbocycles. The highest BCUT2D eigenvalue weighted by Crippen LogP contribution is 2.28. The number of ether oxygens (including phenoxy) is 2. The van der Waals surface area contributed by atoms with Crippen LogP contribution in [-0.2, 0) is 11.2 Å². The van der Waals surface area contributed by atoms with Crippen LogP contribution in [0.3, 0.4) is 0 Å². The average molecular weight is 404 g/mol. The van der Waals surface area contributed by atoms with Crippen LogP contribution in [0.1, 0.15) is 11.1 Å². The lowest BCUT2D eigenvalue weighted by atomic mass is 10.1. The summed E-state index contributed by atoms with van der Waals surface area (Å²) in [7, 11) is 0. The van der Waals surface area contributed by atoms with Gasteiger partial charge in [-0.15, -0.1) is 0 Å². The largest absolute Gasteiger partial charge is 0.480 e. The second kappa shape index (κ2) is 8.32. The molecular formula is C23H20N2O3S. The summed E-state index contributed by atoms with van der Waals surface area (Å²) in [6, 6.07) is 22.8. The molecule has 2 N–H and O–H groups in total. The number of hydrogen-bond acceptors (Lipinski definition) is 4. The second-order valence-corrected chi connectivity index (χ2v) is 7.21. The fourth-order valence-corrected chi connectivity index (χ4v) is 3.25. The molecule has 0 fully saturated rings. The molecule has 1 unspecified atom stereocenters. The summed E-state index contributed by atoms with van der Waals surface area (Å²) in [5.41, 5.74) is 2.96. The van der Waals surface area contributed by atoms with E-state index in [2.05, 4.69) is 10.6 Å². The van der Waals surface area contributed by atoms with Crippen molar-refractivity contribution in [2.45, 2.75) is 19.4 Å². The number of hydrogen-bond donors (Lipinski definition) is 2. The summed E-state index contributed by atoms with van der Waals surface area (Å²) in [4.78, 5) is 12.4. The third kappa shape index (κ3) is 4.73. The van der Waals surface area contributed by atoms with E-state index in [-0.39, 0.29) is 11.0 Å². The van der Waals surface area contributed by atoms with E-state index in [4.69, 9.17) is 21.7 Å². The summed E-state index contributed by atoms with van der Waals surface area (Å²) in [6.07, 6.45) is -0.0345. The van der Waals surface area contributed by atoms with Gasteiger partial charge in [0.25, 0.3) is 5.91 Å². The molecular weight excluding hydrogens is 384 g/mol. The summed E-state index contributed by atoms with van der Waals surface area (Å²) in [6.45, 7) is 2.03. The highest BCUT2D eigenvalue weighted by atomic mass is 32.1. The number of aryl methyl sites for hydroxylation is 1. The van der Waals surface area contributed by atoms with E-state index in [0.29, 0.717) is 12.2 Å². The Morgan fingerprint density at radius 3 is 2.34 bits per heavy atom. The van der Waals surface area contributed by atoms with Gasteiger partial charge in [-0.25, -0.2) is 0 Å². The van der Waals surface area contributed by atoms with Crippen molar-refractivity contribution in [1.29, 1.82) is 0 Å². The maximum Gasteiger partial charge on any atom is 0.267 e. The maximum atomic E-state index is 12.4. The monoisotopic (exact) mass is 404 g/mol. The molecule has 6 heteroatoms. The van der Waals surface area contributed by atoms with Gasteiger partial charge in [0.05, 0.1) is 0 Å². The normalized spacial score (nSPS) is 14.4. The molecule has 0 spiro atoms. The predicted molar refractivity (Wildman–Crippen MR) is 117 cm³/mol. The Bertz CT molecular complexity index is 1010. The van der Waals surface area contributed by atoms with Gasteiger partial charge >= 0.3 is 0 Å². The zero-order valence-electron chi connectivity index (χ0n) is 15.8. The van der Waals surface area contributed by atoms with E-state index in [9.17, 15) is 4.79 Å². The van der Waals surface area contributed by atoms with Crippen molar-refractivity contribution in [3.05, 3.63) is 83.9 Å². The molecule has 1 aliphatic rings. The first-order chi connectivity index (χ1) is 14.1. The molecule has 1 atom stereocenters. The number of carbonyl (C=O) groups excluding carboxylic acids is 1. The molecule has 0 aliphatic carbocycles. The van der Waals surface area contributed by atoms with E-state index >= 15 is 0 Å². The van der Waals surface area contributed by atoms with Gasteiger partial charge in [-0.2, -0.15) is 0 Å². The Morgan fingerprint density at radius 2 is 1.66 bits per heavy atom. The van der Waals surface area contributed by atoms with E-state index in [1.165, 1.54) is 5.56 Å². The number of rotatable bonds is 4.